The summed E-state index contributed by atoms with van der Waals surface area (Å²) in [5.41, 5.74) is 1.43. The Bertz CT molecular complexity index is 880. The lowest BCUT2D eigenvalue weighted by Crippen LogP contribution is -2.11. The van der Waals surface area contributed by atoms with E-state index in [9.17, 15) is 9.00 Å². The summed E-state index contributed by atoms with van der Waals surface area (Å²) in [7, 11) is 0.263. The first-order valence-corrected chi connectivity index (χ1v) is 9.50. The fourth-order valence-corrected chi connectivity index (χ4v) is 4.06. The zero-order valence-corrected chi connectivity index (χ0v) is 15.0. The molecule has 128 valence electrons. The first-order valence-electron chi connectivity index (χ1n) is 7.37. The van der Waals surface area contributed by atoms with Gasteiger partial charge in [-0.15, -0.1) is 10.2 Å². The Morgan fingerprint density at radius 2 is 1.84 bits per heavy atom. The van der Waals surface area contributed by atoms with E-state index in [1.807, 2.05) is 30.3 Å². The second-order valence-corrected chi connectivity index (χ2v) is 7.63. The number of methoxy groups -OCH3 is 1. The lowest BCUT2D eigenvalue weighted by molar-refractivity contribution is 0.102. The summed E-state index contributed by atoms with van der Waals surface area (Å²) in [6.07, 6.45) is 0. The second-order valence-electron chi connectivity index (χ2n) is 5.03. The van der Waals surface area contributed by atoms with Crippen molar-refractivity contribution in [2.75, 3.05) is 12.4 Å². The van der Waals surface area contributed by atoms with Crippen LogP contribution in [-0.4, -0.2) is 27.4 Å². The number of hydrogen-bond acceptors (Lipinski definition) is 6. The summed E-state index contributed by atoms with van der Waals surface area (Å²) in [5.74, 6) is 0.729. The summed E-state index contributed by atoms with van der Waals surface area (Å²) in [4.78, 5) is 12.2. The van der Waals surface area contributed by atoms with Crippen molar-refractivity contribution < 1.29 is 13.7 Å². The number of rotatable bonds is 6. The summed E-state index contributed by atoms with van der Waals surface area (Å²) >= 11 is 1.11. The average molecular weight is 373 g/mol. The zero-order valence-electron chi connectivity index (χ0n) is 13.3. The Labute approximate surface area is 151 Å². The highest BCUT2D eigenvalue weighted by Gasteiger charge is 2.14. The quantitative estimate of drug-likeness (QED) is 0.672. The van der Waals surface area contributed by atoms with Gasteiger partial charge in [0.05, 0.1) is 23.7 Å². The second kappa shape index (κ2) is 8.00. The Morgan fingerprint density at radius 1 is 1.12 bits per heavy atom. The molecular formula is C17H15N3O3S2. The molecule has 8 heteroatoms. The molecule has 0 fully saturated rings. The molecule has 0 radical (unpaired) electrons. The van der Waals surface area contributed by atoms with Crippen LogP contribution in [0.15, 0.2) is 58.9 Å². The van der Waals surface area contributed by atoms with Crippen LogP contribution in [0.4, 0.5) is 5.13 Å². The van der Waals surface area contributed by atoms with E-state index in [4.69, 9.17) is 4.74 Å². The Kier molecular flexibility index (Phi) is 5.52. The van der Waals surface area contributed by atoms with Gasteiger partial charge in [0.2, 0.25) is 9.47 Å². The van der Waals surface area contributed by atoms with Crippen LogP contribution >= 0.6 is 11.3 Å². The molecule has 1 unspecified atom stereocenters. The lowest BCUT2D eigenvalue weighted by Gasteiger charge is -2.02. The molecule has 0 aliphatic carbocycles. The van der Waals surface area contributed by atoms with Gasteiger partial charge in [-0.25, -0.2) is 0 Å². The number of carbonyl (C=O) groups excluding carboxylic acids is 1. The molecule has 0 saturated heterocycles. The van der Waals surface area contributed by atoms with Gasteiger partial charge in [-0.1, -0.05) is 41.7 Å². The van der Waals surface area contributed by atoms with E-state index in [-0.39, 0.29) is 5.91 Å². The zero-order chi connectivity index (χ0) is 17.6. The van der Waals surface area contributed by atoms with Crippen molar-refractivity contribution in [2.24, 2.45) is 0 Å². The molecule has 6 nitrogen and oxygen atoms in total. The number of aromatic nitrogens is 2. The van der Waals surface area contributed by atoms with E-state index in [0.29, 0.717) is 26.5 Å². The molecule has 0 saturated carbocycles. The standard InChI is InChI=1S/C17H15N3O3S2/c1-23-14-9-7-13(8-10-14)15(21)18-16-19-20-17(24-16)25(22)11-12-5-3-2-4-6-12/h2-10H,11H2,1H3,(H,18,19,21). The third-order valence-electron chi connectivity index (χ3n) is 3.31. The van der Waals surface area contributed by atoms with Gasteiger partial charge in [-0.3, -0.25) is 14.3 Å². The highest BCUT2D eigenvalue weighted by molar-refractivity contribution is 7.86. The SMILES string of the molecule is COc1ccc(C(=O)Nc2nnc(S(=O)Cc3ccccc3)s2)cc1. The van der Waals surface area contributed by atoms with Gasteiger partial charge in [0.1, 0.15) is 5.75 Å². The molecule has 3 rings (SSSR count). The topological polar surface area (TPSA) is 81.2 Å². The number of nitrogens with zero attached hydrogens (tertiary/aromatic N) is 2. The number of amides is 1. The van der Waals surface area contributed by atoms with Crippen LogP contribution in [0.25, 0.3) is 0 Å². The molecule has 2 aromatic carbocycles. The molecule has 1 heterocycles. The Balaban J connectivity index is 1.64. The van der Waals surface area contributed by atoms with Crippen molar-refractivity contribution in [1.82, 2.24) is 10.2 Å². The summed E-state index contributed by atoms with van der Waals surface area (Å²) in [5, 5.41) is 10.8. The van der Waals surface area contributed by atoms with Gasteiger partial charge in [0, 0.05) is 5.56 Å². The van der Waals surface area contributed by atoms with Crippen molar-refractivity contribution in [3.05, 3.63) is 65.7 Å². The van der Waals surface area contributed by atoms with Crippen molar-refractivity contribution >= 4 is 33.2 Å². The normalized spacial score (nSPS) is 11.7. The van der Waals surface area contributed by atoms with Crippen LogP contribution in [-0.2, 0) is 16.6 Å². The van der Waals surface area contributed by atoms with E-state index in [0.717, 1.165) is 16.9 Å². The molecule has 0 aliphatic heterocycles. The first-order chi connectivity index (χ1) is 12.2. The predicted molar refractivity (Wildman–Crippen MR) is 97.4 cm³/mol. The van der Waals surface area contributed by atoms with Gasteiger partial charge in [0.15, 0.2) is 0 Å². The number of benzene rings is 2. The minimum Gasteiger partial charge on any atom is -0.497 e. The highest BCUT2D eigenvalue weighted by atomic mass is 32.2. The van der Waals surface area contributed by atoms with Crippen molar-refractivity contribution in [2.45, 2.75) is 10.1 Å². The first kappa shape index (κ1) is 17.2. The number of anilines is 1. The van der Waals surface area contributed by atoms with Gasteiger partial charge in [-0.05, 0) is 29.8 Å². The summed E-state index contributed by atoms with van der Waals surface area (Å²) in [6.45, 7) is 0. The molecule has 1 N–H and O–H groups in total. The molecule has 25 heavy (non-hydrogen) atoms. The van der Waals surface area contributed by atoms with E-state index < -0.39 is 10.8 Å². The number of ether oxygens (including phenoxy) is 1. The van der Waals surface area contributed by atoms with Crippen LogP contribution in [0.1, 0.15) is 15.9 Å². The molecule has 0 spiro atoms. The lowest BCUT2D eigenvalue weighted by atomic mass is 10.2. The Morgan fingerprint density at radius 3 is 2.52 bits per heavy atom. The molecular weight excluding hydrogens is 358 g/mol. The average Bonchev–Trinajstić information content (AvgIpc) is 3.11. The molecule has 0 aliphatic rings. The predicted octanol–water partition coefficient (Wildman–Crippen LogP) is 3.11. The maximum absolute atomic E-state index is 12.3. The van der Waals surface area contributed by atoms with E-state index in [2.05, 4.69) is 15.5 Å². The van der Waals surface area contributed by atoms with Crippen LogP contribution in [0, 0.1) is 0 Å². The van der Waals surface area contributed by atoms with Crippen molar-refractivity contribution in [3.8, 4) is 5.75 Å². The molecule has 1 amide bonds. The monoisotopic (exact) mass is 373 g/mol. The smallest absolute Gasteiger partial charge is 0.257 e. The summed E-state index contributed by atoms with van der Waals surface area (Å²) in [6, 6.07) is 16.2. The highest BCUT2D eigenvalue weighted by Crippen LogP contribution is 2.21. The third-order valence-corrected chi connectivity index (χ3v) is 5.82. The molecule has 1 aromatic heterocycles. The molecule has 0 bridgehead atoms. The maximum Gasteiger partial charge on any atom is 0.257 e. The minimum absolute atomic E-state index is 0.306. The molecule has 3 aromatic rings. The fraction of sp³-hybridized carbons (Fsp3) is 0.118. The maximum atomic E-state index is 12.3. The van der Waals surface area contributed by atoms with Crippen LogP contribution in [0.3, 0.4) is 0 Å². The van der Waals surface area contributed by atoms with Gasteiger partial charge in [0.25, 0.3) is 5.91 Å². The van der Waals surface area contributed by atoms with Gasteiger partial charge < -0.3 is 4.74 Å². The fourth-order valence-electron chi connectivity index (χ4n) is 2.05. The number of carbonyl (C=O) groups is 1. The largest absolute Gasteiger partial charge is 0.497 e. The van der Waals surface area contributed by atoms with Crippen LogP contribution in [0.5, 0.6) is 5.75 Å². The minimum atomic E-state index is -1.30. The van der Waals surface area contributed by atoms with E-state index >= 15 is 0 Å². The van der Waals surface area contributed by atoms with Gasteiger partial charge in [-0.2, -0.15) is 0 Å². The third kappa shape index (κ3) is 4.49. The van der Waals surface area contributed by atoms with Crippen LogP contribution in [0.2, 0.25) is 0 Å². The summed E-state index contributed by atoms with van der Waals surface area (Å²) < 4.78 is 17.8. The van der Waals surface area contributed by atoms with Gasteiger partial charge >= 0.3 is 0 Å². The van der Waals surface area contributed by atoms with Crippen molar-refractivity contribution in [3.63, 3.8) is 0 Å². The van der Waals surface area contributed by atoms with Crippen LogP contribution < -0.4 is 10.1 Å². The Hall–Kier alpha value is -2.58. The van der Waals surface area contributed by atoms with Crippen molar-refractivity contribution in [1.29, 1.82) is 0 Å². The van der Waals surface area contributed by atoms with E-state index in [1.165, 1.54) is 0 Å². The molecule has 1 atom stereocenters. The number of nitrogens with one attached hydrogen (secondary N) is 1. The van der Waals surface area contributed by atoms with E-state index in [1.54, 1.807) is 31.4 Å². The number of hydrogen-bond donors (Lipinski definition) is 1.